The summed E-state index contributed by atoms with van der Waals surface area (Å²) in [6.45, 7) is 0.464. The molecule has 1 heterocycles. The van der Waals surface area contributed by atoms with E-state index < -0.39 is 0 Å². The molecule has 0 aliphatic heterocycles. The topological polar surface area (TPSA) is 64.1 Å². The Labute approximate surface area is 162 Å². The van der Waals surface area contributed by atoms with Gasteiger partial charge < -0.3 is 10.1 Å². The Morgan fingerprint density at radius 1 is 0.929 bits per heavy atom. The molecule has 0 saturated carbocycles. The predicted octanol–water partition coefficient (Wildman–Crippen LogP) is 3.60. The quantitative estimate of drug-likeness (QED) is 0.560. The molecule has 0 radical (unpaired) electrons. The van der Waals surface area contributed by atoms with E-state index in [1.54, 1.807) is 0 Å². The van der Waals surface area contributed by atoms with Crippen molar-refractivity contribution in [3.05, 3.63) is 78.6 Å². The van der Waals surface area contributed by atoms with Crippen LogP contribution in [0.25, 0.3) is 21.8 Å². The standard InChI is InChI=1S/C23H17N3O2/c27-23(21-16-25-19-11-3-4-12-20(19)26-21)24-14-5-6-15-28-22-13-7-9-17-8-1-2-10-18(17)22/h1-4,7-13,16H,14-15H2,(H,24,27). The third kappa shape index (κ3) is 3.92. The molecular weight excluding hydrogens is 350 g/mol. The van der Waals surface area contributed by atoms with Crippen molar-refractivity contribution in [2.45, 2.75) is 0 Å². The molecule has 3 aromatic carbocycles. The van der Waals surface area contributed by atoms with Gasteiger partial charge in [0.25, 0.3) is 5.91 Å². The summed E-state index contributed by atoms with van der Waals surface area (Å²) in [5.74, 6) is 6.29. The molecule has 0 spiro atoms. The van der Waals surface area contributed by atoms with E-state index >= 15 is 0 Å². The summed E-state index contributed by atoms with van der Waals surface area (Å²) in [5.41, 5.74) is 1.71. The van der Waals surface area contributed by atoms with E-state index in [2.05, 4.69) is 27.1 Å². The van der Waals surface area contributed by atoms with E-state index in [0.717, 1.165) is 22.0 Å². The lowest BCUT2D eigenvalue weighted by atomic mass is 10.1. The van der Waals surface area contributed by atoms with Crippen molar-refractivity contribution in [3.63, 3.8) is 0 Å². The Morgan fingerprint density at radius 2 is 1.71 bits per heavy atom. The molecular formula is C23H17N3O2. The van der Waals surface area contributed by atoms with E-state index in [1.807, 2.05) is 66.7 Å². The highest BCUT2D eigenvalue weighted by atomic mass is 16.5. The second-order valence-electron chi connectivity index (χ2n) is 6.05. The van der Waals surface area contributed by atoms with Crippen molar-refractivity contribution in [1.29, 1.82) is 0 Å². The van der Waals surface area contributed by atoms with Crippen molar-refractivity contribution >= 4 is 27.7 Å². The van der Waals surface area contributed by atoms with Gasteiger partial charge in [0.15, 0.2) is 0 Å². The maximum atomic E-state index is 12.2. The van der Waals surface area contributed by atoms with Crippen LogP contribution in [0.2, 0.25) is 0 Å². The number of carbonyl (C=O) groups excluding carboxylic acids is 1. The molecule has 5 heteroatoms. The van der Waals surface area contributed by atoms with E-state index in [4.69, 9.17) is 4.74 Å². The second kappa shape index (κ2) is 8.19. The first-order chi connectivity index (χ1) is 13.8. The summed E-state index contributed by atoms with van der Waals surface area (Å²) in [6, 6.07) is 21.4. The fourth-order valence-corrected chi connectivity index (χ4v) is 2.83. The van der Waals surface area contributed by atoms with Gasteiger partial charge in [-0.2, -0.15) is 0 Å². The summed E-state index contributed by atoms with van der Waals surface area (Å²) in [4.78, 5) is 20.7. The fraction of sp³-hybridized carbons (Fsp3) is 0.0870. The molecule has 0 saturated heterocycles. The summed E-state index contributed by atoms with van der Waals surface area (Å²) < 4.78 is 5.75. The van der Waals surface area contributed by atoms with E-state index in [0.29, 0.717) is 5.52 Å². The number of nitrogens with zero attached hydrogens (tertiary/aromatic N) is 2. The van der Waals surface area contributed by atoms with Crippen LogP contribution >= 0.6 is 0 Å². The highest BCUT2D eigenvalue weighted by Gasteiger charge is 2.07. The Hall–Kier alpha value is -3.91. The normalized spacial score (nSPS) is 10.3. The Kier molecular flexibility index (Phi) is 5.12. The van der Waals surface area contributed by atoms with Crippen LogP contribution in [0, 0.1) is 11.8 Å². The van der Waals surface area contributed by atoms with Crippen molar-refractivity contribution in [1.82, 2.24) is 15.3 Å². The van der Waals surface area contributed by atoms with Crippen LogP contribution in [0.4, 0.5) is 0 Å². The molecule has 1 aromatic heterocycles. The van der Waals surface area contributed by atoms with Gasteiger partial charge in [-0.25, -0.2) is 4.98 Å². The van der Waals surface area contributed by atoms with Crippen LogP contribution in [-0.2, 0) is 0 Å². The van der Waals surface area contributed by atoms with Gasteiger partial charge in [0.05, 0.1) is 23.8 Å². The van der Waals surface area contributed by atoms with Crippen LogP contribution in [0.5, 0.6) is 5.75 Å². The van der Waals surface area contributed by atoms with Gasteiger partial charge in [-0.15, -0.1) is 0 Å². The number of benzene rings is 3. The minimum atomic E-state index is -0.303. The molecule has 5 nitrogen and oxygen atoms in total. The zero-order valence-electron chi connectivity index (χ0n) is 15.1. The number of nitrogens with one attached hydrogen (secondary N) is 1. The van der Waals surface area contributed by atoms with Crippen LogP contribution < -0.4 is 10.1 Å². The van der Waals surface area contributed by atoms with Gasteiger partial charge in [-0.1, -0.05) is 60.4 Å². The number of amides is 1. The summed E-state index contributed by atoms with van der Waals surface area (Å²) >= 11 is 0. The first-order valence-electron chi connectivity index (χ1n) is 8.87. The summed E-state index contributed by atoms with van der Waals surface area (Å²) in [7, 11) is 0. The first kappa shape index (κ1) is 17.5. The van der Waals surface area contributed by atoms with E-state index in [-0.39, 0.29) is 24.8 Å². The SMILES string of the molecule is O=C(NCC#CCOc1cccc2ccccc12)c1cnc2ccccc2n1. The molecule has 4 rings (SSSR count). The lowest BCUT2D eigenvalue weighted by Gasteiger charge is -2.06. The number of aromatic nitrogens is 2. The largest absolute Gasteiger partial charge is 0.480 e. The van der Waals surface area contributed by atoms with Crippen molar-refractivity contribution in [2.75, 3.05) is 13.2 Å². The minimum Gasteiger partial charge on any atom is -0.480 e. The Morgan fingerprint density at radius 3 is 2.64 bits per heavy atom. The van der Waals surface area contributed by atoms with Gasteiger partial charge in [-0.3, -0.25) is 9.78 Å². The lowest BCUT2D eigenvalue weighted by molar-refractivity contribution is 0.0953. The molecule has 0 bridgehead atoms. The third-order valence-electron chi connectivity index (χ3n) is 4.19. The molecule has 0 aliphatic carbocycles. The van der Waals surface area contributed by atoms with Crippen LogP contribution in [-0.4, -0.2) is 29.0 Å². The molecule has 136 valence electrons. The number of hydrogen-bond donors (Lipinski definition) is 1. The molecule has 28 heavy (non-hydrogen) atoms. The van der Waals surface area contributed by atoms with Gasteiger partial charge in [-0.05, 0) is 23.6 Å². The number of fused-ring (bicyclic) bond motifs is 2. The van der Waals surface area contributed by atoms with Crippen LogP contribution in [0.3, 0.4) is 0 Å². The zero-order valence-corrected chi connectivity index (χ0v) is 15.1. The van der Waals surface area contributed by atoms with E-state index in [9.17, 15) is 4.79 Å². The van der Waals surface area contributed by atoms with Gasteiger partial charge in [0.1, 0.15) is 18.1 Å². The maximum absolute atomic E-state index is 12.2. The zero-order chi connectivity index (χ0) is 19.2. The molecule has 4 aromatic rings. The molecule has 1 N–H and O–H groups in total. The van der Waals surface area contributed by atoms with Gasteiger partial charge in [0.2, 0.25) is 0 Å². The number of carbonyl (C=O) groups is 1. The molecule has 0 atom stereocenters. The molecule has 0 fully saturated rings. The molecule has 0 unspecified atom stereocenters. The monoisotopic (exact) mass is 367 g/mol. The second-order valence-corrected chi connectivity index (χ2v) is 6.05. The highest BCUT2D eigenvalue weighted by Crippen LogP contribution is 2.24. The van der Waals surface area contributed by atoms with Crippen molar-refractivity contribution < 1.29 is 9.53 Å². The van der Waals surface area contributed by atoms with Gasteiger partial charge >= 0.3 is 0 Å². The number of rotatable bonds is 4. The summed E-state index contributed by atoms with van der Waals surface area (Å²) in [6.07, 6.45) is 1.47. The van der Waals surface area contributed by atoms with Crippen molar-refractivity contribution in [3.8, 4) is 17.6 Å². The van der Waals surface area contributed by atoms with Crippen molar-refractivity contribution in [2.24, 2.45) is 0 Å². The molecule has 1 amide bonds. The third-order valence-corrected chi connectivity index (χ3v) is 4.19. The number of para-hydroxylation sites is 2. The number of ether oxygens (including phenoxy) is 1. The summed E-state index contributed by atoms with van der Waals surface area (Å²) in [5, 5.41) is 4.89. The van der Waals surface area contributed by atoms with Crippen LogP contribution in [0.1, 0.15) is 10.5 Å². The average molecular weight is 367 g/mol. The Balaban J connectivity index is 1.31. The lowest BCUT2D eigenvalue weighted by Crippen LogP contribution is -2.24. The predicted molar refractivity (Wildman–Crippen MR) is 109 cm³/mol. The maximum Gasteiger partial charge on any atom is 0.272 e. The smallest absolute Gasteiger partial charge is 0.272 e. The van der Waals surface area contributed by atoms with Gasteiger partial charge in [0, 0.05) is 5.39 Å². The average Bonchev–Trinajstić information content (AvgIpc) is 2.75. The molecule has 0 aliphatic rings. The Bertz CT molecular complexity index is 1200. The fourth-order valence-electron chi connectivity index (χ4n) is 2.83. The highest BCUT2D eigenvalue weighted by molar-refractivity contribution is 5.93. The first-order valence-corrected chi connectivity index (χ1v) is 8.87. The van der Waals surface area contributed by atoms with E-state index in [1.165, 1.54) is 6.20 Å². The number of hydrogen-bond acceptors (Lipinski definition) is 4. The van der Waals surface area contributed by atoms with Crippen LogP contribution in [0.15, 0.2) is 72.9 Å². The minimum absolute atomic E-state index is 0.215.